The van der Waals surface area contributed by atoms with Crippen molar-refractivity contribution in [1.82, 2.24) is 4.98 Å². The summed E-state index contributed by atoms with van der Waals surface area (Å²) < 4.78 is 0. The molecule has 0 spiro atoms. The molecular formula is C25H32N2O. The zero-order chi connectivity index (χ0) is 20.7. The number of pyridine rings is 1. The van der Waals surface area contributed by atoms with Gasteiger partial charge in [0.1, 0.15) is 5.75 Å². The summed E-state index contributed by atoms with van der Waals surface area (Å²) in [5.74, 6) is 0.116. The molecule has 0 atom stereocenters. The predicted octanol–water partition coefficient (Wildman–Crippen LogP) is 6.56. The van der Waals surface area contributed by atoms with Crippen molar-refractivity contribution in [2.75, 3.05) is 5.73 Å². The van der Waals surface area contributed by atoms with E-state index >= 15 is 0 Å². The van der Waals surface area contributed by atoms with Crippen LogP contribution in [0.1, 0.15) is 65.5 Å². The Morgan fingerprint density at radius 3 is 2.21 bits per heavy atom. The van der Waals surface area contributed by atoms with Gasteiger partial charge >= 0.3 is 0 Å². The molecule has 0 bridgehead atoms. The number of fused-ring (bicyclic) bond motifs is 1. The van der Waals surface area contributed by atoms with Crippen LogP contribution in [0.4, 0.5) is 5.69 Å². The molecule has 0 fully saturated rings. The van der Waals surface area contributed by atoms with Gasteiger partial charge in [0.05, 0.1) is 11.2 Å². The van der Waals surface area contributed by atoms with E-state index in [1.807, 2.05) is 18.3 Å². The SMILES string of the molecule is CCC(C)(C)c1ccc2c(-c3ccc(O)c(N)c3)c(C(C)(C)CC)cnc2c1. The Hall–Kier alpha value is -2.55. The minimum Gasteiger partial charge on any atom is -0.506 e. The van der Waals surface area contributed by atoms with Gasteiger partial charge in [0.25, 0.3) is 0 Å². The van der Waals surface area contributed by atoms with E-state index in [4.69, 9.17) is 10.7 Å². The van der Waals surface area contributed by atoms with Crippen molar-refractivity contribution < 1.29 is 5.11 Å². The van der Waals surface area contributed by atoms with Gasteiger partial charge in [0, 0.05) is 11.6 Å². The van der Waals surface area contributed by atoms with Gasteiger partial charge in [-0.25, -0.2) is 0 Å². The Labute approximate surface area is 168 Å². The molecule has 0 unspecified atom stereocenters. The van der Waals surface area contributed by atoms with Gasteiger partial charge in [0.2, 0.25) is 0 Å². The largest absolute Gasteiger partial charge is 0.506 e. The van der Waals surface area contributed by atoms with Crippen molar-refractivity contribution in [3.63, 3.8) is 0 Å². The predicted molar refractivity (Wildman–Crippen MR) is 120 cm³/mol. The monoisotopic (exact) mass is 376 g/mol. The van der Waals surface area contributed by atoms with Gasteiger partial charge in [-0.05, 0) is 64.1 Å². The van der Waals surface area contributed by atoms with Gasteiger partial charge in [-0.3, -0.25) is 4.98 Å². The third-order valence-corrected chi connectivity index (χ3v) is 6.46. The lowest BCUT2D eigenvalue weighted by Crippen LogP contribution is -2.18. The molecule has 0 aliphatic heterocycles. The molecule has 0 saturated heterocycles. The van der Waals surface area contributed by atoms with Crippen molar-refractivity contribution in [2.45, 2.75) is 65.2 Å². The molecule has 3 N–H and O–H groups in total. The summed E-state index contributed by atoms with van der Waals surface area (Å²) in [5.41, 5.74) is 12.2. The number of aromatic hydroxyl groups is 1. The fraction of sp³-hybridized carbons (Fsp3) is 0.400. The number of phenolic OH excluding ortho intramolecular Hbond substituents is 1. The Kier molecular flexibility index (Phi) is 5.14. The maximum atomic E-state index is 9.89. The van der Waals surface area contributed by atoms with E-state index in [-0.39, 0.29) is 16.6 Å². The third kappa shape index (κ3) is 3.46. The quantitative estimate of drug-likeness (QED) is 0.391. The second kappa shape index (κ2) is 7.12. The first-order valence-electron chi connectivity index (χ1n) is 10.1. The highest BCUT2D eigenvalue weighted by Crippen LogP contribution is 2.41. The molecule has 3 rings (SSSR count). The Morgan fingerprint density at radius 2 is 1.61 bits per heavy atom. The van der Waals surface area contributed by atoms with Crippen LogP contribution in [0.25, 0.3) is 22.0 Å². The van der Waals surface area contributed by atoms with Crippen LogP contribution in [0.2, 0.25) is 0 Å². The number of nitrogens with zero attached hydrogens (tertiary/aromatic N) is 1. The number of anilines is 1. The lowest BCUT2D eigenvalue weighted by atomic mass is 9.77. The standard InChI is InChI=1S/C25H32N2O/c1-7-24(3,4)17-10-11-18-21(14-17)27-15-19(25(5,6)8-2)23(18)16-9-12-22(28)20(26)13-16/h9-15,28H,7-8,26H2,1-6H3. The van der Waals surface area contributed by atoms with E-state index in [1.54, 1.807) is 6.07 Å². The van der Waals surface area contributed by atoms with E-state index < -0.39 is 0 Å². The number of phenols is 1. The first-order valence-corrected chi connectivity index (χ1v) is 10.1. The zero-order valence-corrected chi connectivity index (χ0v) is 17.9. The molecule has 0 aliphatic carbocycles. The van der Waals surface area contributed by atoms with Crippen molar-refractivity contribution in [2.24, 2.45) is 0 Å². The van der Waals surface area contributed by atoms with Crippen LogP contribution in [-0.4, -0.2) is 10.1 Å². The summed E-state index contributed by atoms with van der Waals surface area (Å²) in [4.78, 5) is 4.85. The highest BCUT2D eigenvalue weighted by atomic mass is 16.3. The molecule has 148 valence electrons. The molecule has 3 heteroatoms. The number of hydrogen-bond donors (Lipinski definition) is 2. The van der Waals surface area contributed by atoms with Crippen LogP contribution >= 0.6 is 0 Å². The lowest BCUT2D eigenvalue weighted by molar-refractivity contribution is 0.478. The van der Waals surface area contributed by atoms with Crippen LogP contribution < -0.4 is 5.73 Å². The minimum absolute atomic E-state index is 0.0233. The summed E-state index contributed by atoms with van der Waals surface area (Å²) >= 11 is 0. The van der Waals surface area contributed by atoms with Crippen LogP contribution in [-0.2, 0) is 10.8 Å². The molecule has 2 aromatic carbocycles. The Morgan fingerprint density at radius 1 is 0.929 bits per heavy atom. The molecule has 3 nitrogen and oxygen atoms in total. The first kappa shape index (κ1) is 20.2. The highest BCUT2D eigenvalue weighted by molar-refractivity contribution is 5.97. The number of nitrogen functional groups attached to an aromatic ring is 1. The molecule has 0 amide bonds. The summed E-state index contributed by atoms with van der Waals surface area (Å²) in [7, 11) is 0. The minimum atomic E-state index is -0.0233. The Balaban J connectivity index is 2.35. The van der Waals surface area contributed by atoms with E-state index in [0.29, 0.717) is 5.69 Å². The topological polar surface area (TPSA) is 59.1 Å². The Bertz CT molecular complexity index is 1020. The molecular weight excluding hydrogens is 344 g/mol. The van der Waals surface area contributed by atoms with Gasteiger partial charge < -0.3 is 10.8 Å². The summed E-state index contributed by atoms with van der Waals surface area (Å²) in [6, 6.07) is 12.1. The number of aromatic nitrogens is 1. The van der Waals surface area contributed by atoms with Crippen molar-refractivity contribution in [1.29, 1.82) is 0 Å². The maximum Gasteiger partial charge on any atom is 0.138 e. The average molecular weight is 377 g/mol. The number of nitrogens with two attached hydrogens (primary N) is 1. The van der Waals surface area contributed by atoms with Crippen molar-refractivity contribution in [3.8, 4) is 16.9 Å². The number of rotatable bonds is 5. The maximum absolute atomic E-state index is 9.89. The average Bonchev–Trinajstić information content (AvgIpc) is 2.68. The molecule has 3 aromatic rings. The fourth-order valence-corrected chi connectivity index (χ4v) is 3.54. The fourth-order valence-electron chi connectivity index (χ4n) is 3.54. The van der Waals surface area contributed by atoms with Gasteiger partial charge in [0.15, 0.2) is 0 Å². The third-order valence-electron chi connectivity index (χ3n) is 6.46. The first-order chi connectivity index (χ1) is 13.1. The van der Waals surface area contributed by atoms with Gasteiger partial charge in [-0.15, -0.1) is 0 Å². The number of benzene rings is 2. The summed E-state index contributed by atoms with van der Waals surface area (Å²) in [5, 5.41) is 11.0. The van der Waals surface area contributed by atoms with E-state index in [2.05, 4.69) is 59.7 Å². The van der Waals surface area contributed by atoms with Crippen molar-refractivity contribution in [3.05, 3.63) is 53.7 Å². The number of hydrogen-bond acceptors (Lipinski definition) is 3. The summed E-state index contributed by atoms with van der Waals surface area (Å²) in [6.07, 6.45) is 4.09. The molecule has 0 saturated carbocycles. The van der Waals surface area contributed by atoms with E-state index in [0.717, 1.165) is 34.9 Å². The van der Waals surface area contributed by atoms with E-state index in [1.165, 1.54) is 11.1 Å². The molecule has 0 radical (unpaired) electrons. The zero-order valence-electron chi connectivity index (χ0n) is 17.9. The summed E-state index contributed by atoms with van der Waals surface area (Å²) in [6.45, 7) is 13.4. The van der Waals surface area contributed by atoms with Gasteiger partial charge in [-0.1, -0.05) is 59.7 Å². The van der Waals surface area contributed by atoms with Crippen molar-refractivity contribution >= 4 is 16.6 Å². The van der Waals surface area contributed by atoms with Crippen LogP contribution in [0.15, 0.2) is 42.6 Å². The molecule has 1 aromatic heterocycles. The lowest BCUT2D eigenvalue weighted by Gasteiger charge is -2.28. The van der Waals surface area contributed by atoms with Crippen LogP contribution in [0.3, 0.4) is 0 Å². The second-order valence-corrected chi connectivity index (χ2v) is 9.03. The second-order valence-electron chi connectivity index (χ2n) is 9.03. The normalized spacial score (nSPS) is 12.5. The van der Waals surface area contributed by atoms with Crippen LogP contribution in [0, 0.1) is 0 Å². The molecule has 1 heterocycles. The van der Waals surface area contributed by atoms with Crippen LogP contribution in [0.5, 0.6) is 5.75 Å². The van der Waals surface area contributed by atoms with Gasteiger partial charge in [-0.2, -0.15) is 0 Å². The molecule has 0 aliphatic rings. The smallest absolute Gasteiger partial charge is 0.138 e. The highest BCUT2D eigenvalue weighted by Gasteiger charge is 2.26. The van der Waals surface area contributed by atoms with E-state index in [9.17, 15) is 5.11 Å². The molecule has 28 heavy (non-hydrogen) atoms.